The largest absolute Gasteiger partial charge is 0.328 e. The lowest BCUT2D eigenvalue weighted by Gasteiger charge is -2.42. The van der Waals surface area contributed by atoms with Gasteiger partial charge >= 0.3 is 6.03 Å². The molecular formula is C24H25N5O2S. The number of nitrogens with zero attached hydrogens (tertiary/aromatic N) is 5. The Labute approximate surface area is 191 Å². The van der Waals surface area contributed by atoms with Crippen molar-refractivity contribution in [1.82, 2.24) is 24.7 Å². The predicted octanol–water partition coefficient (Wildman–Crippen LogP) is 3.54. The lowest BCUT2D eigenvalue weighted by Crippen LogP contribution is -2.56. The van der Waals surface area contributed by atoms with E-state index in [0.717, 1.165) is 30.2 Å². The number of pyridine rings is 1. The summed E-state index contributed by atoms with van der Waals surface area (Å²) < 4.78 is 0. The summed E-state index contributed by atoms with van der Waals surface area (Å²) >= 11 is 1.65. The third-order valence-electron chi connectivity index (χ3n) is 6.38. The molecule has 0 saturated carbocycles. The fourth-order valence-corrected chi connectivity index (χ4v) is 5.31. The van der Waals surface area contributed by atoms with Gasteiger partial charge in [-0.05, 0) is 30.5 Å². The highest BCUT2D eigenvalue weighted by atomic mass is 32.1. The first-order valence-electron chi connectivity index (χ1n) is 10.8. The molecule has 0 atom stereocenters. The van der Waals surface area contributed by atoms with Gasteiger partial charge in [0, 0.05) is 37.4 Å². The first kappa shape index (κ1) is 20.8. The van der Waals surface area contributed by atoms with E-state index in [-0.39, 0.29) is 18.5 Å². The molecule has 0 bridgehead atoms. The number of hydrogen-bond acceptors (Lipinski definition) is 6. The van der Waals surface area contributed by atoms with Crippen molar-refractivity contribution < 1.29 is 9.59 Å². The molecule has 164 valence electrons. The van der Waals surface area contributed by atoms with Crippen LogP contribution in [0.5, 0.6) is 0 Å². The van der Waals surface area contributed by atoms with E-state index >= 15 is 0 Å². The fourth-order valence-electron chi connectivity index (χ4n) is 4.65. The summed E-state index contributed by atoms with van der Waals surface area (Å²) in [6.07, 6.45) is 4.75. The van der Waals surface area contributed by atoms with Crippen molar-refractivity contribution in [2.75, 3.05) is 13.1 Å². The number of rotatable bonds is 6. The molecule has 0 unspecified atom stereocenters. The molecule has 4 heterocycles. The van der Waals surface area contributed by atoms with Crippen LogP contribution >= 0.6 is 11.3 Å². The Hall–Kier alpha value is -3.10. The number of amides is 3. The van der Waals surface area contributed by atoms with Crippen LogP contribution in [-0.4, -0.2) is 55.2 Å². The molecule has 1 spiro atoms. The van der Waals surface area contributed by atoms with E-state index in [1.807, 2.05) is 60.1 Å². The summed E-state index contributed by atoms with van der Waals surface area (Å²) in [5, 5.41) is 3.06. The maximum Gasteiger partial charge on any atom is 0.328 e. The minimum Gasteiger partial charge on any atom is -0.305 e. The Balaban J connectivity index is 1.40. The second-order valence-corrected chi connectivity index (χ2v) is 9.28. The van der Waals surface area contributed by atoms with Gasteiger partial charge in [0.15, 0.2) is 0 Å². The maximum atomic E-state index is 13.7. The minimum atomic E-state index is -0.804. The normalized spacial score (nSPS) is 18.6. The number of carbonyl (C=O) groups excluding carboxylic acids is 2. The summed E-state index contributed by atoms with van der Waals surface area (Å²) in [5.41, 5.74) is 0.936. The minimum absolute atomic E-state index is 0.0991. The predicted molar refractivity (Wildman–Crippen MR) is 122 cm³/mol. The highest BCUT2D eigenvalue weighted by Crippen LogP contribution is 2.39. The first-order valence-corrected chi connectivity index (χ1v) is 11.7. The van der Waals surface area contributed by atoms with Crippen LogP contribution in [0.4, 0.5) is 4.79 Å². The number of hydrogen-bond donors (Lipinski definition) is 0. The molecule has 2 aromatic heterocycles. The molecule has 3 aromatic rings. The Morgan fingerprint density at radius 1 is 0.875 bits per heavy atom. The number of urea groups is 1. The van der Waals surface area contributed by atoms with E-state index < -0.39 is 5.54 Å². The molecule has 7 nitrogen and oxygen atoms in total. The fraction of sp³-hybridized carbons (Fsp3) is 0.333. The Kier molecular flexibility index (Phi) is 5.71. The third-order valence-corrected chi connectivity index (χ3v) is 7.14. The standard InChI is InChI=1S/C24H25N5O2S/c30-22-24(9-13-27(14-10-24)18-21-26-12-15-32-21)29(16-19-6-2-1-3-7-19)23(31)28(22)17-20-8-4-5-11-25-20/h1-8,11-12,15H,9-10,13-14,16-18H2. The molecule has 5 rings (SSSR count). The second-order valence-electron chi connectivity index (χ2n) is 8.30. The molecule has 32 heavy (non-hydrogen) atoms. The molecule has 2 aliphatic rings. The van der Waals surface area contributed by atoms with Gasteiger partial charge in [0.2, 0.25) is 0 Å². The van der Waals surface area contributed by atoms with Crippen molar-refractivity contribution >= 4 is 23.3 Å². The van der Waals surface area contributed by atoms with Crippen LogP contribution in [0.2, 0.25) is 0 Å². The van der Waals surface area contributed by atoms with Gasteiger partial charge in [-0.1, -0.05) is 36.4 Å². The topological polar surface area (TPSA) is 69.6 Å². The number of imide groups is 1. The summed E-state index contributed by atoms with van der Waals surface area (Å²) in [5.74, 6) is -0.0991. The van der Waals surface area contributed by atoms with Gasteiger partial charge in [-0.25, -0.2) is 9.78 Å². The molecule has 2 fully saturated rings. The van der Waals surface area contributed by atoms with Crippen molar-refractivity contribution in [3.8, 4) is 0 Å². The van der Waals surface area contributed by atoms with Crippen LogP contribution in [0, 0.1) is 0 Å². The van der Waals surface area contributed by atoms with Gasteiger partial charge in [0.25, 0.3) is 5.91 Å². The highest BCUT2D eigenvalue weighted by Gasteiger charge is 2.57. The van der Waals surface area contributed by atoms with E-state index in [4.69, 9.17) is 0 Å². The lowest BCUT2D eigenvalue weighted by molar-refractivity contribution is -0.136. The van der Waals surface area contributed by atoms with Gasteiger partial charge in [-0.15, -0.1) is 11.3 Å². The van der Waals surface area contributed by atoms with Gasteiger partial charge in [0.1, 0.15) is 10.5 Å². The van der Waals surface area contributed by atoms with Gasteiger partial charge in [-0.2, -0.15) is 0 Å². The van der Waals surface area contributed by atoms with E-state index in [0.29, 0.717) is 25.1 Å². The summed E-state index contributed by atoms with van der Waals surface area (Å²) in [6, 6.07) is 15.2. The van der Waals surface area contributed by atoms with Gasteiger partial charge in [-0.3, -0.25) is 19.6 Å². The average molecular weight is 448 g/mol. The van der Waals surface area contributed by atoms with Gasteiger partial charge in [0.05, 0.1) is 18.8 Å². The number of benzene rings is 1. The monoisotopic (exact) mass is 447 g/mol. The zero-order valence-corrected chi connectivity index (χ0v) is 18.6. The van der Waals surface area contributed by atoms with Crippen LogP contribution < -0.4 is 0 Å². The quantitative estimate of drug-likeness (QED) is 0.541. The molecular weight excluding hydrogens is 422 g/mol. The molecule has 0 N–H and O–H groups in total. The van der Waals surface area contributed by atoms with Crippen LogP contribution in [0.3, 0.4) is 0 Å². The number of aromatic nitrogens is 2. The molecule has 0 aliphatic carbocycles. The average Bonchev–Trinajstić information content (AvgIpc) is 3.40. The molecule has 1 aromatic carbocycles. The lowest BCUT2D eigenvalue weighted by atomic mass is 9.85. The van der Waals surface area contributed by atoms with E-state index in [9.17, 15) is 9.59 Å². The SMILES string of the molecule is O=C1N(Cc2ccccn2)C(=O)C2(CCN(Cc3nccs3)CC2)N1Cc1ccccc1. The van der Waals surface area contributed by atoms with Crippen molar-refractivity contribution in [2.24, 2.45) is 0 Å². The number of thiazole rings is 1. The number of carbonyl (C=O) groups is 2. The first-order chi connectivity index (χ1) is 15.7. The zero-order valence-electron chi connectivity index (χ0n) is 17.8. The number of piperidine rings is 1. The van der Waals surface area contributed by atoms with E-state index in [2.05, 4.69) is 14.9 Å². The van der Waals surface area contributed by atoms with Crippen molar-refractivity contribution in [1.29, 1.82) is 0 Å². The summed E-state index contributed by atoms with van der Waals surface area (Å²) in [6.45, 7) is 2.92. The van der Waals surface area contributed by atoms with E-state index in [1.165, 1.54) is 4.90 Å². The molecule has 8 heteroatoms. The molecule has 2 aliphatic heterocycles. The van der Waals surface area contributed by atoms with E-state index in [1.54, 1.807) is 22.4 Å². The molecule has 0 radical (unpaired) electrons. The number of likely N-dealkylation sites (tertiary alicyclic amines) is 1. The van der Waals surface area contributed by atoms with Crippen LogP contribution in [0.1, 0.15) is 29.1 Å². The Morgan fingerprint density at radius 3 is 2.34 bits per heavy atom. The van der Waals surface area contributed by atoms with Crippen LogP contribution in [0.15, 0.2) is 66.3 Å². The second kappa shape index (κ2) is 8.80. The van der Waals surface area contributed by atoms with Gasteiger partial charge < -0.3 is 4.90 Å². The molecule has 3 amide bonds. The van der Waals surface area contributed by atoms with Crippen molar-refractivity contribution in [2.45, 2.75) is 38.0 Å². The van der Waals surface area contributed by atoms with Crippen LogP contribution in [0.25, 0.3) is 0 Å². The smallest absolute Gasteiger partial charge is 0.305 e. The third kappa shape index (κ3) is 3.91. The van der Waals surface area contributed by atoms with Crippen LogP contribution in [-0.2, 0) is 24.4 Å². The zero-order chi connectivity index (χ0) is 22.0. The molecule has 2 saturated heterocycles. The summed E-state index contributed by atoms with van der Waals surface area (Å²) in [7, 11) is 0. The Bertz CT molecular complexity index is 1070. The highest BCUT2D eigenvalue weighted by molar-refractivity contribution is 7.09. The Morgan fingerprint density at radius 2 is 1.66 bits per heavy atom. The maximum absolute atomic E-state index is 13.7. The van der Waals surface area contributed by atoms with Crippen molar-refractivity contribution in [3.05, 3.63) is 82.6 Å². The summed E-state index contributed by atoms with van der Waals surface area (Å²) in [4.78, 5) is 41.5. The van der Waals surface area contributed by atoms with Crippen molar-refractivity contribution in [3.63, 3.8) is 0 Å².